The number of nitrogens with one attached hydrogen (secondary N) is 1. The van der Waals surface area contributed by atoms with Crippen molar-refractivity contribution in [1.82, 2.24) is 25.1 Å². The fourth-order valence-corrected chi connectivity index (χ4v) is 3.98. The highest BCUT2D eigenvalue weighted by Crippen LogP contribution is 2.30. The molecule has 1 saturated heterocycles. The fourth-order valence-electron chi connectivity index (χ4n) is 3.98. The standard InChI is InChI=1S/C19H26N6O2/c1-24-17(5-8-21-24)18(27)22-15-3-2-4-16-14(15)11-20-19(23-16)25-9-6-13(12-26)7-10-25/h5,8,11,13,15,26H,2-4,6-7,9-10,12H2,1H3,(H,22,27)/t15-/m1/s1. The molecule has 2 aliphatic rings. The lowest BCUT2D eigenvalue weighted by atomic mass is 9.92. The van der Waals surface area contributed by atoms with Gasteiger partial charge in [-0.25, -0.2) is 9.97 Å². The smallest absolute Gasteiger partial charge is 0.270 e. The molecule has 1 aliphatic heterocycles. The van der Waals surface area contributed by atoms with E-state index in [0.717, 1.165) is 62.4 Å². The van der Waals surface area contributed by atoms with Gasteiger partial charge in [0, 0.05) is 44.7 Å². The topological polar surface area (TPSA) is 96.2 Å². The van der Waals surface area contributed by atoms with Crippen LogP contribution in [0.2, 0.25) is 0 Å². The number of piperidine rings is 1. The van der Waals surface area contributed by atoms with Crippen molar-refractivity contribution in [1.29, 1.82) is 0 Å². The minimum Gasteiger partial charge on any atom is -0.396 e. The minimum atomic E-state index is -0.122. The van der Waals surface area contributed by atoms with Crippen LogP contribution in [0.25, 0.3) is 0 Å². The average Bonchev–Trinajstić information content (AvgIpc) is 3.14. The van der Waals surface area contributed by atoms with Gasteiger partial charge >= 0.3 is 0 Å². The molecule has 2 aromatic rings. The predicted molar refractivity (Wildman–Crippen MR) is 100 cm³/mol. The molecule has 1 amide bonds. The molecule has 1 atom stereocenters. The Morgan fingerprint density at radius 2 is 2.15 bits per heavy atom. The third-order valence-electron chi connectivity index (χ3n) is 5.68. The quantitative estimate of drug-likeness (QED) is 0.840. The Hall–Kier alpha value is -2.48. The van der Waals surface area contributed by atoms with Crippen LogP contribution < -0.4 is 10.2 Å². The van der Waals surface area contributed by atoms with Gasteiger partial charge in [-0.15, -0.1) is 0 Å². The molecule has 2 aromatic heterocycles. The van der Waals surface area contributed by atoms with E-state index < -0.39 is 0 Å². The molecule has 4 rings (SSSR count). The van der Waals surface area contributed by atoms with E-state index in [-0.39, 0.29) is 18.6 Å². The van der Waals surface area contributed by atoms with Crippen LogP contribution in [0.5, 0.6) is 0 Å². The minimum absolute atomic E-state index is 0.0645. The predicted octanol–water partition coefficient (Wildman–Crippen LogP) is 1.23. The largest absolute Gasteiger partial charge is 0.396 e. The molecule has 2 N–H and O–H groups in total. The Morgan fingerprint density at radius 1 is 1.33 bits per heavy atom. The number of amides is 1. The first-order valence-corrected chi connectivity index (χ1v) is 9.66. The molecule has 0 saturated carbocycles. The van der Waals surface area contributed by atoms with Crippen molar-refractivity contribution in [3.63, 3.8) is 0 Å². The number of aromatic nitrogens is 4. The first-order valence-electron chi connectivity index (χ1n) is 9.66. The maximum absolute atomic E-state index is 12.5. The third-order valence-corrected chi connectivity index (χ3v) is 5.68. The third kappa shape index (κ3) is 3.66. The van der Waals surface area contributed by atoms with Crippen molar-refractivity contribution < 1.29 is 9.90 Å². The van der Waals surface area contributed by atoms with Crippen molar-refractivity contribution in [3.05, 3.63) is 35.4 Å². The highest BCUT2D eigenvalue weighted by molar-refractivity contribution is 5.92. The van der Waals surface area contributed by atoms with Gasteiger partial charge in [-0.1, -0.05) is 0 Å². The van der Waals surface area contributed by atoms with Gasteiger partial charge in [0.15, 0.2) is 0 Å². The number of hydrogen-bond acceptors (Lipinski definition) is 6. The Balaban J connectivity index is 1.49. The number of hydrogen-bond donors (Lipinski definition) is 2. The molecule has 27 heavy (non-hydrogen) atoms. The first-order chi connectivity index (χ1) is 13.2. The van der Waals surface area contributed by atoms with Crippen LogP contribution >= 0.6 is 0 Å². The second-order valence-corrected chi connectivity index (χ2v) is 7.44. The van der Waals surface area contributed by atoms with E-state index in [0.29, 0.717) is 11.6 Å². The number of aliphatic hydroxyl groups excluding tert-OH is 1. The van der Waals surface area contributed by atoms with Gasteiger partial charge in [-0.3, -0.25) is 9.48 Å². The number of carbonyl (C=O) groups is 1. The van der Waals surface area contributed by atoms with Crippen molar-refractivity contribution in [2.45, 2.75) is 38.1 Å². The molecule has 0 radical (unpaired) electrons. The lowest BCUT2D eigenvalue weighted by molar-refractivity contribution is 0.0923. The van der Waals surface area contributed by atoms with Crippen LogP contribution in [-0.2, 0) is 13.5 Å². The van der Waals surface area contributed by atoms with Crippen LogP contribution in [0.3, 0.4) is 0 Å². The molecule has 1 fully saturated rings. The number of fused-ring (bicyclic) bond motifs is 1. The van der Waals surface area contributed by atoms with Gasteiger partial charge < -0.3 is 15.3 Å². The lowest BCUT2D eigenvalue weighted by Crippen LogP contribution is -2.37. The van der Waals surface area contributed by atoms with Crippen molar-refractivity contribution in [3.8, 4) is 0 Å². The Labute approximate surface area is 158 Å². The van der Waals surface area contributed by atoms with Crippen LogP contribution in [-0.4, -0.2) is 50.5 Å². The molecule has 0 aromatic carbocycles. The Bertz CT molecular complexity index is 812. The maximum atomic E-state index is 12.5. The number of rotatable bonds is 4. The monoisotopic (exact) mass is 370 g/mol. The zero-order chi connectivity index (χ0) is 18.8. The Kier molecular flexibility index (Phi) is 5.07. The van der Waals surface area contributed by atoms with Crippen molar-refractivity contribution >= 4 is 11.9 Å². The van der Waals surface area contributed by atoms with E-state index in [2.05, 4.69) is 20.3 Å². The SMILES string of the molecule is Cn1nccc1C(=O)N[C@@H]1CCCc2nc(N3CCC(CO)CC3)ncc21. The molecule has 8 nitrogen and oxygen atoms in total. The van der Waals surface area contributed by atoms with Crippen molar-refractivity contribution in [2.24, 2.45) is 13.0 Å². The van der Waals surface area contributed by atoms with E-state index >= 15 is 0 Å². The van der Waals surface area contributed by atoms with E-state index in [1.54, 1.807) is 24.0 Å². The van der Waals surface area contributed by atoms with Gasteiger partial charge in [0.25, 0.3) is 5.91 Å². The molecule has 1 aliphatic carbocycles. The average molecular weight is 370 g/mol. The van der Waals surface area contributed by atoms with Gasteiger partial charge in [-0.05, 0) is 44.1 Å². The molecule has 3 heterocycles. The molecule has 144 valence electrons. The highest BCUT2D eigenvalue weighted by Gasteiger charge is 2.27. The van der Waals surface area contributed by atoms with Crippen LogP contribution in [0.4, 0.5) is 5.95 Å². The first kappa shape index (κ1) is 17.9. The summed E-state index contributed by atoms with van der Waals surface area (Å²) in [5.41, 5.74) is 2.60. The molecule has 8 heteroatoms. The number of aryl methyl sites for hydroxylation is 2. The number of nitrogens with zero attached hydrogens (tertiary/aromatic N) is 5. The van der Waals surface area contributed by atoms with Gasteiger partial charge in [0.1, 0.15) is 5.69 Å². The second-order valence-electron chi connectivity index (χ2n) is 7.44. The molecular weight excluding hydrogens is 344 g/mol. The summed E-state index contributed by atoms with van der Waals surface area (Å²) in [5.74, 6) is 1.04. The van der Waals surface area contributed by atoms with E-state index in [9.17, 15) is 9.90 Å². The van der Waals surface area contributed by atoms with Gasteiger partial charge in [0.2, 0.25) is 5.95 Å². The summed E-state index contributed by atoms with van der Waals surface area (Å²) in [6.45, 7) is 2.02. The van der Waals surface area contributed by atoms with Crippen LogP contribution in [0.1, 0.15) is 53.5 Å². The summed E-state index contributed by atoms with van der Waals surface area (Å²) >= 11 is 0. The van der Waals surface area contributed by atoms with E-state index in [1.807, 2.05) is 6.20 Å². The maximum Gasteiger partial charge on any atom is 0.270 e. The summed E-state index contributed by atoms with van der Waals surface area (Å²) in [6.07, 6.45) is 8.24. The van der Waals surface area contributed by atoms with E-state index in [4.69, 9.17) is 4.98 Å². The molecule has 0 spiro atoms. The Morgan fingerprint density at radius 3 is 2.85 bits per heavy atom. The van der Waals surface area contributed by atoms with Gasteiger partial charge in [0.05, 0.1) is 11.7 Å². The zero-order valence-electron chi connectivity index (χ0n) is 15.6. The van der Waals surface area contributed by atoms with E-state index in [1.165, 1.54) is 0 Å². The zero-order valence-corrected chi connectivity index (χ0v) is 15.6. The van der Waals surface area contributed by atoms with Crippen LogP contribution in [0, 0.1) is 5.92 Å². The number of aliphatic hydroxyl groups is 1. The summed E-state index contributed by atoms with van der Waals surface area (Å²) in [7, 11) is 1.76. The summed E-state index contributed by atoms with van der Waals surface area (Å²) in [5, 5.41) is 16.5. The summed E-state index contributed by atoms with van der Waals surface area (Å²) in [4.78, 5) is 24.1. The number of carbonyl (C=O) groups excluding carboxylic acids is 1. The normalized spacial score (nSPS) is 20.4. The summed E-state index contributed by atoms with van der Waals surface area (Å²) in [6, 6.07) is 1.65. The lowest BCUT2D eigenvalue weighted by Gasteiger charge is -2.32. The summed E-state index contributed by atoms with van der Waals surface area (Å²) < 4.78 is 1.58. The fraction of sp³-hybridized carbons (Fsp3) is 0.579. The van der Waals surface area contributed by atoms with Gasteiger partial charge in [-0.2, -0.15) is 5.10 Å². The molecular formula is C19H26N6O2. The second kappa shape index (κ2) is 7.64. The number of anilines is 1. The van der Waals surface area contributed by atoms with Crippen molar-refractivity contribution in [2.75, 3.05) is 24.6 Å². The molecule has 0 bridgehead atoms. The molecule has 0 unspecified atom stereocenters. The van der Waals surface area contributed by atoms with Crippen LogP contribution in [0.15, 0.2) is 18.5 Å². The highest BCUT2D eigenvalue weighted by atomic mass is 16.3.